The second-order valence-corrected chi connectivity index (χ2v) is 4.49. The summed E-state index contributed by atoms with van der Waals surface area (Å²) in [5, 5.41) is 9.85. The lowest BCUT2D eigenvalue weighted by molar-refractivity contribution is -0.141. The van der Waals surface area contributed by atoms with E-state index in [1.807, 2.05) is 12.1 Å². The second-order valence-electron chi connectivity index (χ2n) is 4.06. The SMILES string of the molecule is O=C(O)C(c1ccc(Cl)cc1)C1CCC1. The number of carbonyl (C=O) groups is 1. The van der Waals surface area contributed by atoms with Gasteiger partial charge in [-0.15, -0.1) is 0 Å². The Morgan fingerprint density at radius 3 is 2.33 bits per heavy atom. The van der Waals surface area contributed by atoms with Gasteiger partial charge < -0.3 is 5.11 Å². The van der Waals surface area contributed by atoms with E-state index in [1.165, 1.54) is 0 Å². The zero-order valence-corrected chi connectivity index (χ0v) is 9.07. The van der Waals surface area contributed by atoms with Gasteiger partial charge in [-0.2, -0.15) is 0 Å². The summed E-state index contributed by atoms with van der Waals surface area (Å²) in [5.74, 6) is -0.762. The Labute approximate surface area is 93.9 Å². The molecule has 80 valence electrons. The van der Waals surface area contributed by atoms with Crippen molar-refractivity contribution in [1.82, 2.24) is 0 Å². The lowest BCUT2D eigenvalue weighted by Crippen LogP contribution is -2.26. The lowest BCUT2D eigenvalue weighted by Gasteiger charge is -2.31. The maximum atomic E-state index is 11.2. The van der Waals surface area contributed by atoms with Crippen LogP contribution in [0.1, 0.15) is 30.7 Å². The Morgan fingerprint density at radius 1 is 1.33 bits per heavy atom. The molecule has 1 unspecified atom stereocenters. The number of hydrogen-bond acceptors (Lipinski definition) is 1. The van der Waals surface area contributed by atoms with Crippen LogP contribution in [0, 0.1) is 5.92 Å². The van der Waals surface area contributed by atoms with E-state index in [2.05, 4.69) is 0 Å². The van der Waals surface area contributed by atoms with Crippen LogP contribution in [0.15, 0.2) is 24.3 Å². The van der Waals surface area contributed by atoms with Crippen LogP contribution in [0.25, 0.3) is 0 Å². The van der Waals surface area contributed by atoms with Crippen molar-refractivity contribution in [2.75, 3.05) is 0 Å². The van der Waals surface area contributed by atoms with Crippen molar-refractivity contribution in [3.05, 3.63) is 34.9 Å². The molecule has 0 bridgehead atoms. The largest absolute Gasteiger partial charge is 0.481 e. The highest BCUT2D eigenvalue weighted by Gasteiger charge is 2.33. The van der Waals surface area contributed by atoms with Gasteiger partial charge in [-0.3, -0.25) is 4.79 Å². The summed E-state index contributed by atoms with van der Waals surface area (Å²) in [5.41, 5.74) is 0.872. The van der Waals surface area contributed by atoms with E-state index in [-0.39, 0.29) is 5.92 Å². The molecule has 1 atom stereocenters. The van der Waals surface area contributed by atoms with Crippen molar-refractivity contribution in [1.29, 1.82) is 0 Å². The summed E-state index contributed by atoms with van der Waals surface area (Å²) < 4.78 is 0. The summed E-state index contributed by atoms with van der Waals surface area (Å²) >= 11 is 5.78. The zero-order chi connectivity index (χ0) is 10.8. The van der Waals surface area contributed by atoms with Crippen molar-refractivity contribution in [2.24, 2.45) is 5.92 Å². The van der Waals surface area contributed by atoms with Crippen molar-refractivity contribution < 1.29 is 9.90 Å². The molecule has 2 nitrogen and oxygen atoms in total. The van der Waals surface area contributed by atoms with Gasteiger partial charge in [0.15, 0.2) is 0 Å². The van der Waals surface area contributed by atoms with E-state index >= 15 is 0 Å². The maximum Gasteiger partial charge on any atom is 0.311 e. The third-order valence-corrected chi connectivity index (χ3v) is 3.37. The second kappa shape index (κ2) is 4.23. The molecule has 1 saturated carbocycles. The minimum Gasteiger partial charge on any atom is -0.481 e. The number of halogens is 1. The van der Waals surface area contributed by atoms with Crippen molar-refractivity contribution in [3.63, 3.8) is 0 Å². The predicted octanol–water partition coefficient (Wildman–Crippen LogP) is 3.31. The van der Waals surface area contributed by atoms with Crippen molar-refractivity contribution >= 4 is 17.6 Å². The Kier molecular flexibility index (Phi) is 2.96. The molecule has 15 heavy (non-hydrogen) atoms. The van der Waals surface area contributed by atoms with Gasteiger partial charge in [-0.25, -0.2) is 0 Å². The molecule has 1 N–H and O–H groups in total. The van der Waals surface area contributed by atoms with Crippen LogP contribution in [0.2, 0.25) is 5.02 Å². The summed E-state index contributed by atoms with van der Waals surface area (Å²) in [6.07, 6.45) is 3.21. The zero-order valence-electron chi connectivity index (χ0n) is 8.32. The van der Waals surface area contributed by atoms with Gasteiger partial charge in [-0.05, 0) is 36.5 Å². The molecule has 1 aliphatic carbocycles. The molecule has 0 aromatic heterocycles. The van der Waals surface area contributed by atoms with Crippen LogP contribution in [-0.4, -0.2) is 11.1 Å². The fourth-order valence-electron chi connectivity index (χ4n) is 2.06. The van der Waals surface area contributed by atoms with E-state index < -0.39 is 5.97 Å². The topological polar surface area (TPSA) is 37.3 Å². The minimum absolute atomic E-state index is 0.309. The molecule has 0 aliphatic heterocycles. The minimum atomic E-state index is -0.720. The molecule has 0 heterocycles. The molecule has 1 aromatic carbocycles. The third-order valence-electron chi connectivity index (χ3n) is 3.12. The van der Waals surface area contributed by atoms with Crippen molar-refractivity contribution in [2.45, 2.75) is 25.2 Å². The van der Waals surface area contributed by atoms with Crippen molar-refractivity contribution in [3.8, 4) is 0 Å². The molecular weight excluding hydrogens is 212 g/mol. The average Bonchev–Trinajstić information content (AvgIpc) is 2.12. The highest BCUT2D eigenvalue weighted by molar-refractivity contribution is 6.30. The summed E-state index contributed by atoms with van der Waals surface area (Å²) in [6, 6.07) is 7.15. The molecule has 0 radical (unpaired) electrons. The quantitative estimate of drug-likeness (QED) is 0.855. The number of aliphatic carboxylic acids is 1. The van der Waals surface area contributed by atoms with E-state index in [0.717, 1.165) is 24.8 Å². The number of carboxylic acids is 1. The molecule has 0 amide bonds. The smallest absolute Gasteiger partial charge is 0.311 e. The van der Waals surface area contributed by atoms with Gasteiger partial charge >= 0.3 is 5.97 Å². The first kappa shape index (κ1) is 10.5. The van der Waals surface area contributed by atoms with Gasteiger partial charge in [0.25, 0.3) is 0 Å². The molecule has 0 saturated heterocycles. The highest BCUT2D eigenvalue weighted by atomic mass is 35.5. The summed E-state index contributed by atoms with van der Waals surface area (Å²) in [7, 11) is 0. The Balaban J connectivity index is 2.23. The standard InChI is InChI=1S/C12H13ClO2/c13-10-6-4-9(5-7-10)11(12(14)15)8-2-1-3-8/h4-8,11H,1-3H2,(H,14,15). The number of carboxylic acid groups (broad SMARTS) is 1. The highest BCUT2D eigenvalue weighted by Crippen LogP contribution is 2.39. The normalized spacial score (nSPS) is 18.2. The molecule has 1 fully saturated rings. The first-order valence-corrected chi connectivity index (χ1v) is 5.54. The molecular formula is C12H13ClO2. The first-order chi connectivity index (χ1) is 7.18. The summed E-state index contributed by atoms with van der Waals surface area (Å²) in [6.45, 7) is 0. The van der Waals surface area contributed by atoms with Gasteiger partial charge in [0.1, 0.15) is 0 Å². The molecule has 1 aliphatic rings. The molecule has 0 spiro atoms. The fourth-order valence-corrected chi connectivity index (χ4v) is 2.19. The van der Waals surface area contributed by atoms with Gasteiger partial charge in [0.05, 0.1) is 5.92 Å². The van der Waals surface area contributed by atoms with Crippen LogP contribution in [-0.2, 0) is 4.79 Å². The van der Waals surface area contributed by atoms with E-state index in [9.17, 15) is 9.90 Å². The van der Waals surface area contributed by atoms with Gasteiger partial charge in [0.2, 0.25) is 0 Å². The monoisotopic (exact) mass is 224 g/mol. The third kappa shape index (κ3) is 2.15. The Bertz CT molecular complexity index is 354. The Morgan fingerprint density at radius 2 is 1.93 bits per heavy atom. The van der Waals surface area contributed by atoms with Crippen LogP contribution < -0.4 is 0 Å². The van der Waals surface area contributed by atoms with Crippen LogP contribution in [0.5, 0.6) is 0 Å². The van der Waals surface area contributed by atoms with Crippen LogP contribution >= 0.6 is 11.6 Å². The van der Waals surface area contributed by atoms with Gasteiger partial charge in [-0.1, -0.05) is 30.2 Å². The maximum absolute atomic E-state index is 11.2. The first-order valence-electron chi connectivity index (χ1n) is 5.17. The average molecular weight is 225 g/mol. The predicted molar refractivity (Wildman–Crippen MR) is 59.2 cm³/mol. The number of rotatable bonds is 3. The van der Waals surface area contributed by atoms with Gasteiger partial charge in [0, 0.05) is 5.02 Å². The lowest BCUT2D eigenvalue weighted by atomic mass is 9.73. The molecule has 2 rings (SSSR count). The van der Waals surface area contributed by atoms with E-state index in [4.69, 9.17) is 11.6 Å². The molecule has 3 heteroatoms. The number of benzene rings is 1. The Hall–Kier alpha value is -1.02. The van der Waals surface area contributed by atoms with E-state index in [0.29, 0.717) is 10.9 Å². The number of hydrogen-bond donors (Lipinski definition) is 1. The van der Waals surface area contributed by atoms with E-state index in [1.54, 1.807) is 12.1 Å². The fraction of sp³-hybridized carbons (Fsp3) is 0.417. The van der Waals surface area contributed by atoms with Crippen LogP contribution in [0.4, 0.5) is 0 Å². The summed E-state index contributed by atoms with van der Waals surface area (Å²) in [4.78, 5) is 11.2. The molecule has 1 aromatic rings. The van der Waals surface area contributed by atoms with Crippen LogP contribution in [0.3, 0.4) is 0 Å².